The Morgan fingerprint density at radius 1 is 1.11 bits per heavy atom. The Labute approximate surface area is 105 Å². The van der Waals surface area contributed by atoms with E-state index in [1.807, 2.05) is 36.4 Å². The molecule has 0 atom stereocenters. The fourth-order valence-electron chi connectivity index (χ4n) is 2.18. The smallest absolute Gasteiger partial charge is 0.341 e. The molecule has 0 spiro atoms. The molecular formula is C15H12O3. The third kappa shape index (κ3) is 1.64. The molecule has 2 aromatic carbocycles. The van der Waals surface area contributed by atoms with Gasteiger partial charge in [0.25, 0.3) is 0 Å². The molecule has 3 nitrogen and oxygen atoms in total. The molecule has 0 unspecified atom stereocenters. The molecule has 0 aliphatic carbocycles. The minimum absolute atomic E-state index is 0.369. The summed E-state index contributed by atoms with van der Waals surface area (Å²) < 4.78 is 10.6. The number of methoxy groups -OCH3 is 1. The highest BCUT2D eigenvalue weighted by Crippen LogP contribution is 2.38. The number of rotatable bonds is 1. The maximum atomic E-state index is 11.7. The van der Waals surface area contributed by atoms with E-state index in [4.69, 9.17) is 9.47 Å². The van der Waals surface area contributed by atoms with E-state index in [0.29, 0.717) is 11.3 Å². The van der Waals surface area contributed by atoms with Crippen LogP contribution < -0.4 is 4.74 Å². The third-order valence-corrected chi connectivity index (χ3v) is 3.07. The van der Waals surface area contributed by atoms with Gasteiger partial charge in [0.1, 0.15) is 17.1 Å². The van der Waals surface area contributed by atoms with Crippen LogP contribution in [0.1, 0.15) is 21.5 Å². The number of carbonyl (C=O) groups is 1. The lowest BCUT2D eigenvalue weighted by molar-refractivity contribution is 0.0597. The number of para-hydroxylation sites is 2. The fourth-order valence-corrected chi connectivity index (χ4v) is 2.18. The van der Waals surface area contributed by atoms with Crippen LogP contribution >= 0.6 is 0 Å². The zero-order valence-electron chi connectivity index (χ0n) is 9.97. The van der Waals surface area contributed by atoms with Gasteiger partial charge in [0.05, 0.1) is 7.11 Å². The van der Waals surface area contributed by atoms with Crippen molar-refractivity contribution in [1.29, 1.82) is 0 Å². The van der Waals surface area contributed by atoms with Gasteiger partial charge in [0.15, 0.2) is 0 Å². The highest BCUT2D eigenvalue weighted by Gasteiger charge is 2.22. The zero-order valence-corrected chi connectivity index (χ0v) is 9.97. The fraction of sp³-hybridized carbons (Fsp3) is 0.133. The first-order valence-electron chi connectivity index (χ1n) is 5.75. The van der Waals surface area contributed by atoms with Crippen LogP contribution in [0.15, 0.2) is 42.5 Å². The molecule has 3 rings (SSSR count). The van der Waals surface area contributed by atoms with Crippen LogP contribution in [0.3, 0.4) is 0 Å². The normalized spacial score (nSPS) is 12.1. The van der Waals surface area contributed by atoms with E-state index < -0.39 is 0 Å². The number of carbonyl (C=O) groups excluding carboxylic acids is 1. The monoisotopic (exact) mass is 240 g/mol. The molecule has 2 aromatic rings. The van der Waals surface area contributed by atoms with Gasteiger partial charge in [0, 0.05) is 12.0 Å². The topological polar surface area (TPSA) is 35.5 Å². The average molecular weight is 240 g/mol. The minimum Gasteiger partial charge on any atom is -0.465 e. The predicted octanol–water partition coefficient (Wildman–Crippen LogP) is 3.17. The molecule has 18 heavy (non-hydrogen) atoms. The Kier molecular flexibility index (Phi) is 2.52. The second kappa shape index (κ2) is 4.18. The SMILES string of the molecule is COC(=O)c1cccc2c1Oc1ccccc1C2. The third-order valence-electron chi connectivity index (χ3n) is 3.07. The number of ether oxygens (including phenoxy) is 2. The van der Waals surface area contributed by atoms with E-state index in [0.717, 1.165) is 23.3 Å². The van der Waals surface area contributed by atoms with Crippen LogP contribution in [0.4, 0.5) is 0 Å². The largest absolute Gasteiger partial charge is 0.465 e. The van der Waals surface area contributed by atoms with Crippen molar-refractivity contribution in [3.63, 3.8) is 0 Å². The van der Waals surface area contributed by atoms with Crippen LogP contribution in [0, 0.1) is 0 Å². The summed E-state index contributed by atoms with van der Waals surface area (Å²) in [7, 11) is 1.37. The molecule has 0 N–H and O–H groups in total. The minimum atomic E-state index is -0.369. The Balaban J connectivity index is 2.10. The molecule has 0 fully saturated rings. The molecule has 0 saturated carbocycles. The summed E-state index contributed by atoms with van der Waals surface area (Å²) in [6.07, 6.45) is 0.774. The number of esters is 1. The maximum Gasteiger partial charge on any atom is 0.341 e. The van der Waals surface area contributed by atoms with Crippen molar-refractivity contribution in [1.82, 2.24) is 0 Å². The molecule has 0 aromatic heterocycles. The molecule has 1 heterocycles. The highest BCUT2D eigenvalue weighted by atomic mass is 16.5. The van der Waals surface area contributed by atoms with Gasteiger partial charge in [-0.3, -0.25) is 0 Å². The van der Waals surface area contributed by atoms with Gasteiger partial charge in [-0.1, -0.05) is 30.3 Å². The van der Waals surface area contributed by atoms with Gasteiger partial charge in [-0.2, -0.15) is 0 Å². The Morgan fingerprint density at radius 2 is 1.89 bits per heavy atom. The first-order chi connectivity index (χ1) is 8.79. The lowest BCUT2D eigenvalue weighted by Crippen LogP contribution is -2.09. The van der Waals surface area contributed by atoms with Gasteiger partial charge >= 0.3 is 5.97 Å². The number of hydrogen-bond donors (Lipinski definition) is 0. The van der Waals surface area contributed by atoms with E-state index in [1.165, 1.54) is 7.11 Å². The Bertz CT molecular complexity index is 617. The summed E-state index contributed by atoms with van der Waals surface area (Å²) in [6, 6.07) is 13.4. The standard InChI is InChI=1S/C15H12O3/c1-17-15(16)12-7-4-6-11-9-10-5-2-3-8-13(10)18-14(11)12/h2-8H,9H2,1H3. The number of hydrogen-bond acceptors (Lipinski definition) is 3. The van der Waals surface area contributed by atoms with Crippen LogP contribution in [0.2, 0.25) is 0 Å². The van der Waals surface area contributed by atoms with Gasteiger partial charge in [-0.05, 0) is 17.7 Å². The summed E-state index contributed by atoms with van der Waals surface area (Å²) in [6.45, 7) is 0. The molecule has 0 amide bonds. The van der Waals surface area contributed by atoms with Gasteiger partial charge in [-0.15, -0.1) is 0 Å². The lowest BCUT2D eigenvalue weighted by atomic mass is 9.98. The molecule has 3 heteroatoms. The van der Waals surface area contributed by atoms with Crippen molar-refractivity contribution in [3.8, 4) is 11.5 Å². The zero-order chi connectivity index (χ0) is 12.5. The van der Waals surface area contributed by atoms with Crippen molar-refractivity contribution < 1.29 is 14.3 Å². The molecule has 0 radical (unpaired) electrons. The summed E-state index contributed by atoms with van der Waals surface area (Å²) in [5.41, 5.74) is 2.62. The van der Waals surface area contributed by atoms with Crippen molar-refractivity contribution in [2.75, 3.05) is 7.11 Å². The summed E-state index contributed by atoms with van der Waals surface area (Å²) in [5, 5.41) is 0. The van der Waals surface area contributed by atoms with Crippen molar-refractivity contribution >= 4 is 5.97 Å². The number of fused-ring (bicyclic) bond motifs is 2. The second-order valence-electron chi connectivity index (χ2n) is 4.17. The molecule has 0 saturated heterocycles. The van der Waals surface area contributed by atoms with Crippen LogP contribution in [-0.4, -0.2) is 13.1 Å². The summed E-state index contributed by atoms with van der Waals surface area (Å²) in [5.74, 6) is 1.05. The van der Waals surface area contributed by atoms with Crippen LogP contribution in [-0.2, 0) is 11.2 Å². The molecule has 1 aliphatic heterocycles. The van der Waals surface area contributed by atoms with Gasteiger partial charge < -0.3 is 9.47 Å². The van der Waals surface area contributed by atoms with E-state index >= 15 is 0 Å². The first kappa shape index (κ1) is 10.8. The van der Waals surface area contributed by atoms with E-state index in [-0.39, 0.29) is 5.97 Å². The summed E-state index contributed by atoms with van der Waals surface area (Å²) >= 11 is 0. The van der Waals surface area contributed by atoms with E-state index in [2.05, 4.69) is 0 Å². The Hall–Kier alpha value is -2.29. The Morgan fingerprint density at radius 3 is 2.72 bits per heavy atom. The van der Waals surface area contributed by atoms with Gasteiger partial charge in [-0.25, -0.2) is 4.79 Å². The first-order valence-corrected chi connectivity index (χ1v) is 5.75. The van der Waals surface area contributed by atoms with Crippen molar-refractivity contribution in [2.24, 2.45) is 0 Å². The van der Waals surface area contributed by atoms with Crippen LogP contribution in [0.25, 0.3) is 0 Å². The molecule has 0 bridgehead atoms. The van der Waals surface area contributed by atoms with E-state index in [1.54, 1.807) is 6.07 Å². The molecule has 90 valence electrons. The predicted molar refractivity (Wildman–Crippen MR) is 67.1 cm³/mol. The van der Waals surface area contributed by atoms with Crippen molar-refractivity contribution in [2.45, 2.75) is 6.42 Å². The van der Waals surface area contributed by atoms with Crippen LogP contribution in [0.5, 0.6) is 11.5 Å². The second-order valence-corrected chi connectivity index (χ2v) is 4.17. The van der Waals surface area contributed by atoms with E-state index in [9.17, 15) is 4.79 Å². The average Bonchev–Trinajstić information content (AvgIpc) is 2.43. The van der Waals surface area contributed by atoms with Crippen molar-refractivity contribution in [3.05, 3.63) is 59.2 Å². The molecular weight excluding hydrogens is 228 g/mol. The summed E-state index contributed by atoms with van der Waals surface area (Å²) in [4.78, 5) is 11.7. The number of benzene rings is 2. The highest BCUT2D eigenvalue weighted by molar-refractivity contribution is 5.93. The lowest BCUT2D eigenvalue weighted by Gasteiger charge is -2.21. The quantitative estimate of drug-likeness (QED) is 0.613. The van der Waals surface area contributed by atoms with Gasteiger partial charge in [0.2, 0.25) is 0 Å². The molecule has 1 aliphatic rings. The maximum absolute atomic E-state index is 11.7.